The first-order chi connectivity index (χ1) is 19.4. The number of pyridine rings is 1. The lowest BCUT2D eigenvalue weighted by molar-refractivity contribution is -0.193. The van der Waals surface area contributed by atoms with E-state index in [1.54, 1.807) is 17.0 Å². The van der Waals surface area contributed by atoms with Crippen LogP contribution in [0.25, 0.3) is 16.9 Å². The highest BCUT2D eigenvalue weighted by atomic mass is 19.4. The Morgan fingerprint density at radius 1 is 0.881 bits per heavy atom. The molecule has 2 aromatic heterocycles. The van der Waals surface area contributed by atoms with Crippen molar-refractivity contribution in [2.75, 3.05) is 13.1 Å². The standard InChI is InChI=1S/C21H22N4O3.2C2HF3O2/c22-12-14-5-8-25-13-18(23-19(25)11-14)15-1-3-16(4-2-15)20(26)24-9-6-17(7-10-24)21(27)28;2*3-2(4,5)1(6)7/h1-5,8,11,13,17H,6-7,9-10,12,22H2,(H,27,28);2*(H,6,7). The second kappa shape index (κ2) is 13.8. The lowest BCUT2D eigenvalue weighted by atomic mass is 9.96. The second-order valence-corrected chi connectivity index (χ2v) is 8.72. The largest absolute Gasteiger partial charge is 0.490 e. The van der Waals surface area contributed by atoms with Crippen LogP contribution in [0.2, 0.25) is 0 Å². The Bertz CT molecular complexity index is 1390. The van der Waals surface area contributed by atoms with Gasteiger partial charge in [0.25, 0.3) is 5.91 Å². The minimum absolute atomic E-state index is 0.0574. The normalized spacial score (nSPS) is 13.8. The molecule has 42 heavy (non-hydrogen) atoms. The van der Waals surface area contributed by atoms with E-state index in [4.69, 9.17) is 30.6 Å². The summed E-state index contributed by atoms with van der Waals surface area (Å²) < 4.78 is 65.4. The molecule has 3 aromatic rings. The number of carbonyl (C=O) groups excluding carboxylic acids is 1. The Balaban J connectivity index is 0.000000367. The van der Waals surface area contributed by atoms with E-state index in [1.807, 2.05) is 41.1 Å². The van der Waals surface area contributed by atoms with Gasteiger partial charge in [0.1, 0.15) is 5.65 Å². The molecular weight excluding hydrogens is 582 g/mol. The van der Waals surface area contributed by atoms with Crippen molar-refractivity contribution >= 4 is 29.5 Å². The maximum atomic E-state index is 12.7. The van der Waals surface area contributed by atoms with Crippen molar-refractivity contribution < 1.29 is 60.8 Å². The van der Waals surface area contributed by atoms with E-state index in [1.165, 1.54) is 0 Å². The molecule has 0 aliphatic carbocycles. The summed E-state index contributed by atoms with van der Waals surface area (Å²) in [5.74, 6) is -6.69. The van der Waals surface area contributed by atoms with Gasteiger partial charge in [0.15, 0.2) is 0 Å². The van der Waals surface area contributed by atoms with Crippen LogP contribution in [0.1, 0.15) is 28.8 Å². The maximum Gasteiger partial charge on any atom is 0.490 e. The summed E-state index contributed by atoms with van der Waals surface area (Å²) in [7, 11) is 0. The van der Waals surface area contributed by atoms with Crippen molar-refractivity contribution in [3.8, 4) is 11.3 Å². The molecule has 0 spiro atoms. The number of carboxylic acids is 3. The number of halogens is 6. The van der Waals surface area contributed by atoms with Crippen LogP contribution in [0.15, 0.2) is 48.8 Å². The number of carbonyl (C=O) groups is 4. The third-order valence-electron chi connectivity index (χ3n) is 5.80. The quantitative estimate of drug-likeness (QED) is 0.323. The van der Waals surface area contributed by atoms with Crippen LogP contribution in [0.5, 0.6) is 0 Å². The Morgan fingerprint density at radius 2 is 1.38 bits per heavy atom. The topological polar surface area (TPSA) is 176 Å². The number of fused-ring (bicyclic) bond motifs is 1. The van der Waals surface area contributed by atoms with Gasteiger partial charge < -0.3 is 30.4 Å². The van der Waals surface area contributed by atoms with E-state index in [-0.39, 0.29) is 11.8 Å². The number of alkyl halides is 6. The van der Waals surface area contributed by atoms with Crippen molar-refractivity contribution in [1.82, 2.24) is 14.3 Å². The number of hydrogen-bond acceptors (Lipinski definition) is 6. The van der Waals surface area contributed by atoms with Gasteiger partial charge in [-0.05, 0) is 42.7 Å². The van der Waals surface area contributed by atoms with Crippen LogP contribution in [0.3, 0.4) is 0 Å². The van der Waals surface area contributed by atoms with E-state index in [2.05, 4.69) is 4.98 Å². The smallest absolute Gasteiger partial charge is 0.481 e. The minimum Gasteiger partial charge on any atom is -0.481 e. The number of amides is 1. The molecule has 1 aliphatic rings. The third kappa shape index (κ3) is 9.46. The number of nitrogens with two attached hydrogens (primary N) is 1. The van der Waals surface area contributed by atoms with E-state index in [0.717, 1.165) is 22.5 Å². The Hall–Kier alpha value is -4.67. The average molecular weight is 606 g/mol. The number of likely N-dealkylation sites (tertiary alicyclic amines) is 1. The third-order valence-corrected chi connectivity index (χ3v) is 5.80. The van der Waals surface area contributed by atoms with Crippen molar-refractivity contribution in [1.29, 1.82) is 0 Å². The van der Waals surface area contributed by atoms with Gasteiger partial charge in [0.2, 0.25) is 0 Å². The van der Waals surface area contributed by atoms with Crippen LogP contribution >= 0.6 is 0 Å². The molecule has 1 amide bonds. The summed E-state index contributed by atoms with van der Waals surface area (Å²) >= 11 is 0. The van der Waals surface area contributed by atoms with Gasteiger partial charge in [-0.1, -0.05) is 12.1 Å². The summed E-state index contributed by atoms with van der Waals surface area (Å²) in [6.45, 7) is 1.43. The second-order valence-electron chi connectivity index (χ2n) is 8.72. The first kappa shape index (κ1) is 33.5. The molecule has 0 saturated carbocycles. The van der Waals surface area contributed by atoms with Gasteiger partial charge in [-0.3, -0.25) is 9.59 Å². The average Bonchev–Trinajstić information content (AvgIpc) is 3.36. The molecule has 228 valence electrons. The molecule has 5 N–H and O–H groups in total. The van der Waals surface area contributed by atoms with Crippen molar-refractivity contribution in [3.05, 3.63) is 59.9 Å². The molecule has 11 nitrogen and oxygen atoms in total. The summed E-state index contributed by atoms with van der Waals surface area (Å²) in [6, 6.07) is 11.3. The fourth-order valence-electron chi connectivity index (χ4n) is 3.59. The number of carboxylic acid groups (broad SMARTS) is 3. The number of nitrogens with zero attached hydrogens (tertiary/aromatic N) is 3. The number of rotatable bonds is 4. The Labute approximate surface area is 232 Å². The lowest BCUT2D eigenvalue weighted by Crippen LogP contribution is -2.40. The molecule has 4 rings (SSSR count). The van der Waals surface area contributed by atoms with Crippen LogP contribution in [-0.4, -0.2) is 78.9 Å². The van der Waals surface area contributed by atoms with Crippen molar-refractivity contribution in [2.24, 2.45) is 11.7 Å². The fraction of sp³-hybridized carbons (Fsp3) is 0.320. The van der Waals surface area contributed by atoms with Crippen LogP contribution in [0, 0.1) is 5.92 Å². The predicted octanol–water partition coefficient (Wildman–Crippen LogP) is 3.66. The zero-order valence-corrected chi connectivity index (χ0v) is 21.4. The number of aromatic nitrogens is 2. The molecule has 3 heterocycles. The van der Waals surface area contributed by atoms with E-state index >= 15 is 0 Å². The fourth-order valence-corrected chi connectivity index (χ4v) is 3.59. The number of benzene rings is 1. The highest BCUT2D eigenvalue weighted by Crippen LogP contribution is 2.23. The van der Waals surface area contributed by atoms with E-state index in [0.29, 0.717) is 38.0 Å². The zero-order valence-electron chi connectivity index (χ0n) is 21.4. The number of imidazole rings is 1. The number of hydrogen-bond donors (Lipinski definition) is 4. The first-order valence-corrected chi connectivity index (χ1v) is 11.8. The minimum atomic E-state index is -5.08. The van der Waals surface area contributed by atoms with Crippen molar-refractivity contribution in [3.63, 3.8) is 0 Å². The highest BCUT2D eigenvalue weighted by Gasteiger charge is 2.38. The number of piperidine rings is 1. The van der Waals surface area contributed by atoms with Gasteiger partial charge in [-0.25, -0.2) is 14.6 Å². The molecule has 0 atom stereocenters. The van der Waals surface area contributed by atoms with E-state index < -0.39 is 30.3 Å². The molecular formula is C25H24F6N4O7. The molecule has 1 aliphatic heterocycles. The summed E-state index contributed by atoms with van der Waals surface area (Å²) in [4.78, 5) is 47.9. The molecule has 0 bridgehead atoms. The molecule has 17 heteroatoms. The van der Waals surface area contributed by atoms with Gasteiger partial charge >= 0.3 is 30.3 Å². The summed E-state index contributed by atoms with van der Waals surface area (Å²) in [5, 5.41) is 23.3. The maximum absolute atomic E-state index is 12.7. The van der Waals surface area contributed by atoms with Gasteiger partial charge in [0, 0.05) is 43.2 Å². The van der Waals surface area contributed by atoms with Crippen LogP contribution in [0.4, 0.5) is 26.3 Å². The predicted molar refractivity (Wildman–Crippen MR) is 132 cm³/mol. The van der Waals surface area contributed by atoms with Gasteiger partial charge in [-0.2, -0.15) is 26.3 Å². The Kier molecular flexibility index (Phi) is 11.0. The Morgan fingerprint density at radius 3 is 1.81 bits per heavy atom. The van der Waals surface area contributed by atoms with Crippen LogP contribution < -0.4 is 5.73 Å². The monoisotopic (exact) mass is 606 g/mol. The molecule has 1 saturated heterocycles. The van der Waals surface area contributed by atoms with Crippen LogP contribution in [-0.2, 0) is 20.9 Å². The first-order valence-electron chi connectivity index (χ1n) is 11.8. The molecule has 0 unspecified atom stereocenters. The lowest BCUT2D eigenvalue weighted by Gasteiger charge is -2.30. The molecule has 1 aromatic carbocycles. The SMILES string of the molecule is NCc1ccn2cc(-c3ccc(C(=O)N4CCC(C(=O)O)CC4)cc3)nc2c1.O=C(O)C(F)(F)F.O=C(O)C(F)(F)F. The summed E-state index contributed by atoms with van der Waals surface area (Å²) in [6.07, 6.45) is -5.27. The highest BCUT2D eigenvalue weighted by molar-refractivity contribution is 5.94. The van der Waals surface area contributed by atoms with E-state index in [9.17, 15) is 35.9 Å². The summed E-state index contributed by atoms with van der Waals surface area (Å²) in [5.41, 5.74) is 9.91. The number of aliphatic carboxylic acids is 3. The van der Waals surface area contributed by atoms with Gasteiger partial charge in [0.05, 0.1) is 11.6 Å². The molecule has 1 fully saturated rings. The molecule has 0 radical (unpaired) electrons. The van der Waals surface area contributed by atoms with Gasteiger partial charge in [-0.15, -0.1) is 0 Å². The zero-order chi connectivity index (χ0) is 31.8. The van der Waals surface area contributed by atoms with Crippen molar-refractivity contribution in [2.45, 2.75) is 31.7 Å².